The molecule has 0 unspecified atom stereocenters. The maximum absolute atomic E-state index is 11.3. The van der Waals surface area contributed by atoms with Crippen molar-refractivity contribution < 1.29 is 14.9 Å². The molecule has 0 fully saturated rings. The Balaban J connectivity index is 1.90. The number of anilines is 2. The molecule has 4 heteroatoms. The van der Waals surface area contributed by atoms with Gasteiger partial charge >= 0.3 is 0 Å². The smallest absolute Gasteiger partial charge is 0.129 e. The summed E-state index contributed by atoms with van der Waals surface area (Å²) in [4.78, 5) is 0. The van der Waals surface area contributed by atoms with Crippen LogP contribution < -0.4 is 10.1 Å². The van der Waals surface area contributed by atoms with Crippen LogP contribution in [0.1, 0.15) is 5.56 Å². The molecule has 4 nitrogen and oxygen atoms in total. The lowest BCUT2D eigenvalue weighted by Gasteiger charge is -2.20. The number of hydrogen-bond donors (Lipinski definition) is 3. The molecule has 158 valence electrons. The van der Waals surface area contributed by atoms with E-state index in [1.165, 1.54) is 0 Å². The largest absolute Gasteiger partial charge is 0.507 e. The van der Waals surface area contributed by atoms with E-state index >= 15 is 0 Å². The van der Waals surface area contributed by atoms with E-state index in [1.807, 2.05) is 84.9 Å². The van der Waals surface area contributed by atoms with Crippen molar-refractivity contribution >= 4 is 32.9 Å². The number of hydrogen-bond acceptors (Lipinski definition) is 4. The van der Waals surface area contributed by atoms with Crippen LogP contribution in [0, 0.1) is 0 Å². The van der Waals surface area contributed by atoms with Crippen LogP contribution in [0.2, 0.25) is 0 Å². The van der Waals surface area contributed by atoms with Gasteiger partial charge < -0.3 is 20.3 Å². The second-order valence-electron chi connectivity index (χ2n) is 7.70. The van der Waals surface area contributed by atoms with Gasteiger partial charge in [-0.1, -0.05) is 54.6 Å². The molecule has 5 aromatic carbocycles. The predicted molar refractivity (Wildman–Crippen MR) is 131 cm³/mol. The molecule has 0 aliphatic rings. The lowest BCUT2D eigenvalue weighted by molar-refractivity contribution is 0.276. The number of methoxy groups -OCH3 is 1. The fourth-order valence-electron chi connectivity index (χ4n) is 4.24. The Morgan fingerprint density at radius 2 is 1.50 bits per heavy atom. The SMILES string of the molecule is COc1ccc2ccc(Nc3ccccc3)c(-c3c(O)c(CO)cc4ccccc34)c2c1. The van der Waals surface area contributed by atoms with Gasteiger partial charge in [-0.25, -0.2) is 0 Å². The Bertz CT molecular complexity index is 1430. The van der Waals surface area contributed by atoms with Gasteiger partial charge in [0.05, 0.1) is 13.7 Å². The first-order chi connectivity index (χ1) is 15.7. The van der Waals surface area contributed by atoms with Gasteiger partial charge in [0.15, 0.2) is 0 Å². The van der Waals surface area contributed by atoms with E-state index in [1.54, 1.807) is 7.11 Å². The van der Waals surface area contributed by atoms with E-state index in [4.69, 9.17) is 4.74 Å². The molecule has 0 aliphatic heterocycles. The highest BCUT2D eigenvalue weighted by atomic mass is 16.5. The van der Waals surface area contributed by atoms with Crippen LogP contribution in [-0.2, 0) is 6.61 Å². The van der Waals surface area contributed by atoms with Gasteiger partial charge in [-0.2, -0.15) is 0 Å². The molecule has 0 amide bonds. The van der Waals surface area contributed by atoms with Crippen LogP contribution in [0.5, 0.6) is 11.5 Å². The molecule has 0 radical (unpaired) electrons. The number of phenols is 1. The van der Waals surface area contributed by atoms with Crippen molar-refractivity contribution in [2.24, 2.45) is 0 Å². The van der Waals surface area contributed by atoms with Gasteiger partial charge in [-0.15, -0.1) is 0 Å². The predicted octanol–water partition coefficient (Wildman–Crippen LogP) is 6.61. The summed E-state index contributed by atoms with van der Waals surface area (Å²) in [6, 6.07) is 29.7. The number of benzene rings is 5. The van der Waals surface area contributed by atoms with Crippen molar-refractivity contribution in [2.75, 3.05) is 12.4 Å². The van der Waals surface area contributed by atoms with E-state index in [2.05, 4.69) is 11.4 Å². The Hall–Kier alpha value is -4.02. The van der Waals surface area contributed by atoms with Crippen molar-refractivity contribution in [1.82, 2.24) is 0 Å². The number of nitrogens with one attached hydrogen (secondary N) is 1. The average molecular weight is 421 g/mol. The molecule has 3 N–H and O–H groups in total. The first kappa shape index (κ1) is 19.9. The summed E-state index contributed by atoms with van der Waals surface area (Å²) < 4.78 is 5.51. The Labute approximate surface area is 186 Å². The zero-order chi connectivity index (χ0) is 22.1. The molecular weight excluding hydrogens is 398 g/mol. The summed E-state index contributed by atoms with van der Waals surface area (Å²) in [5.74, 6) is 0.815. The van der Waals surface area contributed by atoms with E-state index in [0.717, 1.165) is 44.2 Å². The molecule has 0 saturated heterocycles. The molecule has 0 saturated carbocycles. The number of para-hydroxylation sites is 1. The quantitative estimate of drug-likeness (QED) is 0.299. The highest BCUT2D eigenvalue weighted by molar-refractivity contribution is 6.12. The van der Waals surface area contributed by atoms with Gasteiger partial charge in [0, 0.05) is 28.1 Å². The third-order valence-electron chi connectivity index (χ3n) is 5.80. The molecule has 0 spiro atoms. The lowest BCUT2D eigenvalue weighted by Crippen LogP contribution is -1.97. The van der Waals surface area contributed by atoms with Crippen molar-refractivity contribution in [3.8, 4) is 22.6 Å². The van der Waals surface area contributed by atoms with Crippen LogP contribution >= 0.6 is 0 Å². The van der Waals surface area contributed by atoms with Crippen LogP contribution in [0.4, 0.5) is 11.4 Å². The standard InChI is InChI=1S/C28H23NO3/c1-32-22-13-11-18-12-14-25(29-21-8-3-2-4-9-21)26(24(18)16-22)27-23-10-6-5-7-19(23)15-20(17-30)28(27)31/h2-16,29-31H,17H2,1H3. The first-order valence-corrected chi connectivity index (χ1v) is 10.5. The Morgan fingerprint density at radius 3 is 2.28 bits per heavy atom. The van der Waals surface area contributed by atoms with Crippen LogP contribution in [0.25, 0.3) is 32.7 Å². The summed E-state index contributed by atoms with van der Waals surface area (Å²) in [6.45, 7) is -0.251. The second-order valence-corrected chi connectivity index (χ2v) is 7.70. The fraction of sp³-hybridized carbons (Fsp3) is 0.0714. The Morgan fingerprint density at radius 1 is 0.750 bits per heavy atom. The van der Waals surface area contributed by atoms with E-state index in [0.29, 0.717) is 11.1 Å². The monoisotopic (exact) mass is 421 g/mol. The van der Waals surface area contributed by atoms with Crippen LogP contribution in [0.3, 0.4) is 0 Å². The Kier molecular flexibility index (Phi) is 5.13. The third kappa shape index (κ3) is 3.41. The maximum Gasteiger partial charge on any atom is 0.129 e. The minimum atomic E-state index is -0.251. The summed E-state index contributed by atoms with van der Waals surface area (Å²) in [6.07, 6.45) is 0. The van der Waals surface area contributed by atoms with Crippen LogP contribution in [0.15, 0.2) is 91.0 Å². The van der Waals surface area contributed by atoms with E-state index in [9.17, 15) is 10.2 Å². The van der Waals surface area contributed by atoms with Gasteiger partial charge in [0.25, 0.3) is 0 Å². The topological polar surface area (TPSA) is 61.7 Å². The van der Waals surface area contributed by atoms with Gasteiger partial charge in [0.2, 0.25) is 0 Å². The van der Waals surface area contributed by atoms with Crippen molar-refractivity contribution in [3.05, 3.63) is 96.6 Å². The summed E-state index contributed by atoms with van der Waals surface area (Å²) in [7, 11) is 1.65. The zero-order valence-electron chi connectivity index (χ0n) is 17.7. The zero-order valence-corrected chi connectivity index (χ0v) is 17.7. The second kappa shape index (κ2) is 8.25. The lowest BCUT2D eigenvalue weighted by atomic mass is 9.89. The van der Waals surface area contributed by atoms with Gasteiger partial charge in [-0.3, -0.25) is 0 Å². The highest BCUT2D eigenvalue weighted by Gasteiger charge is 2.20. The number of fused-ring (bicyclic) bond motifs is 2. The summed E-state index contributed by atoms with van der Waals surface area (Å²) >= 11 is 0. The van der Waals surface area contributed by atoms with Gasteiger partial charge in [-0.05, 0) is 57.9 Å². The normalized spacial score (nSPS) is 11.1. The summed E-state index contributed by atoms with van der Waals surface area (Å²) in [5.41, 5.74) is 3.83. The molecule has 32 heavy (non-hydrogen) atoms. The molecular formula is C28H23NO3. The minimum Gasteiger partial charge on any atom is -0.507 e. The maximum atomic E-state index is 11.3. The molecule has 0 bridgehead atoms. The minimum absolute atomic E-state index is 0.0811. The fourth-order valence-corrected chi connectivity index (χ4v) is 4.24. The molecule has 5 aromatic rings. The number of aliphatic hydroxyl groups excluding tert-OH is 1. The van der Waals surface area contributed by atoms with E-state index in [-0.39, 0.29) is 12.4 Å². The molecule has 0 aromatic heterocycles. The van der Waals surface area contributed by atoms with Crippen molar-refractivity contribution in [2.45, 2.75) is 6.61 Å². The van der Waals surface area contributed by atoms with Gasteiger partial charge in [0.1, 0.15) is 11.5 Å². The van der Waals surface area contributed by atoms with Crippen molar-refractivity contribution in [1.29, 1.82) is 0 Å². The van der Waals surface area contributed by atoms with Crippen LogP contribution in [-0.4, -0.2) is 17.3 Å². The number of aliphatic hydroxyl groups is 1. The molecule has 0 atom stereocenters. The molecule has 0 heterocycles. The number of ether oxygens (including phenoxy) is 1. The highest BCUT2D eigenvalue weighted by Crippen LogP contribution is 2.46. The first-order valence-electron chi connectivity index (χ1n) is 10.5. The number of aromatic hydroxyl groups is 1. The number of rotatable bonds is 5. The summed E-state index contributed by atoms with van der Waals surface area (Å²) in [5, 5.41) is 28.6. The van der Waals surface area contributed by atoms with Crippen molar-refractivity contribution in [3.63, 3.8) is 0 Å². The average Bonchev–Trinajstić information content (AvgIpc) is 2.84. The molecule has 0 aliphatic carbocycles. The van der Waals surface area contributed by atoms with E-state index < -0.39 is 0 Å². The third-order valence-corrected chi connectivity index (χ3v) is 5.80. The molecule has 5 rings (SSSR count).